The van der Waals surface area contributed by atoms with Crippen molar-refractivity contribution in [1.29, 1.82) is 0 Å². The molecule has 2 aliphatic heterocycles. The van der Waals surface area contributed by atoms with Gasteiger partial charge in [-0.3, -0.25) is 14.4 Å². The fraction of sp³-hybridized carbons (Fsp3) is 0.342. The number of fused-ring (bicyclic) bond motifs is 8. The predicted molar refractivity (Wildman–Crippen MR) is 199 cm³/mol. The van der Waals surface area contributed by atoms with Gasteiger partial charge in [0.15, 0.2) is 0 Å². The summed E-state index contributed by atoms with van der Waals surface area (Å²) in [5, 5.41) is 46.5. The quantitative estimate of drug-likeness (QED) is 0.123. The minimum atomic E-state index is -1.75. The molecule has 0 aromatic carbocycles. The average Bonchev–Trinajstić information content (AvgIpc) is 3.74. The first-order chi connectivity index (χ1) is 24.6. The minimum absolute atomic E-state index is 0. The van der Waals surface area contributed by atoms with E-state index in [1.54, 1.807) is 13.0 Å². The van der Waals surface area contributed by atoms with Crippen LogP contribution in [0.3, 0.4) is 0 Å². The van der Waals surface area contributed by atoms with Crippen molar-refractivity contribution in [3.05, 3.63) is 84.8 Å². The number of carboxylic acids is 4. The molecule has 0 unspecified atom stereocenters. The molecule has 15 heteroatoms. The van der Waals surface area contributed by atoms with E-state index in [0.29, 0.717) is 29.1 Å². The van der Waals surface area contributed by atoms with Gasteiger partial charge in [0.25, 0.3) is 0 Å². The molecule has 275 valence electrons. The van der Waals surface area contributed by atoms with Gasteiger partial charge in [0.2, 0.25) is 5.91 Å². The molecule has 3 aromatic heterocycles. The molecule has 1 radical (unpaired) electrons. The summed E-state index contributed by atoms with van der Waals surface area (Å²) in [6, 6.07) is -1.75. The van der Waals surface area contributed by atoms with Crippen LogP contribution in [-0.4, -0.2) is 101 Å². The van der Waals surface area contributed by atoms with Crippen molar-refractivity contribution in [2.24, 2.45) is 11.8 Å². The van der Waals surface area contributed by atoms with E-state index in [1.165, 1.54) is 0 Å². The van der Waals surface area contributed by atoms with Gasteiger partial charge in [-0.25, -0.2) is 9.59 Å². The van der Waals surface area contributed by atoms with Crippen molar-refractivity contribution in [3.63, 3.8) is 0 Å². The molecule has 1 amide bonds. The van der Waals surface area contributed by atoms with Gasteiger partial charge in [0, 0.05) is 98.1 Å². The van der Waals surface area contributed by atoms with Crippen molar-refractivity contribution in [1.82, 2.24) is 25.6 Å². The van der Waals surface area contributed by atoms with E-state index in [9.17, 15) is 44.4 Å². The van der Waals surface area contributed by atoms with E-state index >= 15 is 0 Å². The SMILES string of the molecule is C=Cc1c2[nH]c(c1C)C=C1NC(=C(CC(=O)N[C@@H](CC(=O)O)C(=O)O)c3[nH]c(c(C)c3C(=O)O)C=c3[nH]c(c(C)c3CC)=C2)[C@@H](CCC(=O)O)[C@@H]1C.[Na]. The first kappa shape index (κ1) is 40.7. The van der Waals surface area contributed by atoms with E-state index < -0.39 is 54.6 Å². The molecule has 9 N–H and O–H groups in total. The fourth-order valence-corrected chi connectivity index (χ4v) is 7.34. The van der Waals surface area contributed by atoms with Crippen LogP contribution in [0.25, 0.3) is 29.9 Å². The number of aromatic amines is 3. The maximum atomic E-state index is 13.7. The Bertz CT molecular complexity index is 2220. The molecule has 53 heavy (non-hydrogen) atoms. The molecule has 8 bridgehead atoms. The monoisotopic (exact) mass is 736 g/mol. The topological polar surface area (TPSA) is 238 Å². The Morgan fingerprint density at radius 3 is 2.13 bits per heavy atom. The van der Waals surface area contributed by atoms with Gasteiger partial charge in [-0.2, -0.15) is 0 Å². The fourth-order valence-electron chi connectivity index (χ4n) is 7.34. The largest absolute Gasteiger partial charge is 0.481 e. The Morgan fingerprint density at radius 1 is 0.887 bits per heavy atom. The van der Waals surface area contributed by atoms with Crippen LogP contribution in [0.5, 0.6) is 0 Å². The van der Waals surface area contributed by atoms with Crippen LogP contribution in [0.2, 0.25) is 0 Å². The van der Waals surface area contributed by atoms with Crippen LogP contribution in [0, 0.1) is 32.6 Å². The molecule has 3 aromatic rings. The summed E-state index contributed by atoms with van der Waals surface area (Å²) >= 11 is 0. The standard InChI is InChI=1S/C38H43N5O9.Na/c1-7-20-16(3)24-12-26-18(5)22(9-10-32(45)46)35(42-26)23(11-31(44)41-30(37(49)50)15-33(47)48)36-34(38(51)52)19(6)27(43-36)14-29-21(8-2)17(4)25(40-29)13-28(20)39-24;/h7,12-14,18,22,30,39-40,42-43H,1,8-11,15H2,2-6H3,(H,41,44)(H,45,46)(H,47,48)(H,49,50)(H,51,52);/t18-,22-,30-;/m0./s1. The zero-order chi connectivity index (χ0) is 38.2. The first-order valence-corrected chi connectivity index (χ1v) is 17.0. The summed E-state index contributed by atoms with van der Waals surface area (Å²) in [7, 11) is 0. The molecule has 2 aliphatic rings. The van der Waals surface area contributed by atoms with E-state index in [1.807, 2.05) is 45.9 Å². The second-order valence-electron chi connectivity index (χ2n) is 13.3. The van der Waals surface area contributed by atoms with Gasteiger partial charge in [0.05, 0.1) is 24.1 Å². The maximum Gasteiger partial charge on any atom is 0.338 e. The van der Waals surface area contributed by atoms with Crippen LogP contribution in [-0.2, 0) is 25.6 Å². The Morgan fingerprint density at radius 2 is 1.55 bits per heavy atom. The number of rotatable bonds is 12. The van der Waals surface area contributed by atoms with Crippen molar-refractivity contribution in [2.45, 2.75) is 72.8 Å². The summed E-state index contributed by atoms with van der Waals surface area (Å²) in [6.07, 6.45) is 6.64. The number of aromatic carboxylic acids is 1. The van der Waals surface area contributed by atoms with Crippen LogP contribution in [0.1, 0.15) is 100 Å². The molecule has 3 atom stereocenters. The van der Waals surface area contributed by atoms with Gasteiger partial charge >= 0.3 is 23.9 Å². The average molecular weight is 737 g/mol. The number of H-pyrrole nitrogens is 3. The minimum Gasteiger partial charge on any atom is -0.481 e. The Hall–Kier alpha value is -5.05. The molecule has 0 saturated carbocycles. The van der Waals surface area contributed by atoms with E-state index in [2.05, 4.69) is 32.2 Å². The van der Waals surface area contributed by atoms with Crippen LogP contribution >= 0.6 is 0 Å². The van der Waals surface area contributed by atoms with Gasteiger partial charge in [-0.05, 0) is 74.1 Å². The third-order valence-corrected chi connectivity index (χ3v) is 10.1. The van der Waals surface area contributed by atoms with Gasteiger partial charge in [0.1, 0.15) is 6.04 Å². The number of hydrogen-bond donors (Lipinski definition) is 9. The Labute approximate surface area is 327 Å². The molecule has 1 saturated heterocycles. The third-order valence-electron chi connectivity index (χ3n) is 10.1. The Kier molecular flexibility index (Phi) is 12.5. The van der Waals surface area contributed by atoms with Crippen molar-refractivity contribution in [3.8, 4) is 0 Å². The number of aliphatic carboxylic acids is 3. The molecule has 0 spiro atoms. The summed E-state index contributed by atoms with van der Waals surface area (Å²) in [5.41, 5.74) is 7.42. The smallest absolute Gasteiger partial charge is 0.338 e. The molecule has 1 fully saturated rings. The second-order valence-corrected chi connectivity index (χ2v) is 13.3. The summed E-state index contributed by atoms with van der Waals surface area (Å²) < 4.78 is 0. The van der Waals surface area contributed by atoms with E-state index in [4.69, 9.17) is 0 Å². The number of carbonyl (C=O) groups is 5. The van der Waals surface area contributed by atoms with Crippen molar-refractivity contribution >= 4 is 89.2 Å². The molecule has 0 aliphatic carbocycles. The maximum absolute atomic E-state index is 13.7. The summed E-state index contributed by atoms with van der Waals surface area (Å²) in [6.45, 7) is 13.6. The summed E-state index contributed by atoms with van der Waals surface area (Å²) in [5.74, 6) is -7.04. The van der Waals surface area contributed by atoms with Crippen LogP contribution in [0.4, 0.5) is 0 Å². The first-order valence-electron chi connectivity index (χ1n) is 17.0. The molecule has 5 rings (SSSR count). The number of aromatic nitrogens is 3. The normalized spacial score (nSPS) is 16.7. The molecule has 5 heterocycles. The van der Waals surface area contributed by atoms with Gasteiger partial charge in [-0.1, -0.05) is 26.5 Å². The number of carbonyl (C=O) groups excluding carboxylic acids is 1. The van der Waals surface area contributed by atoms with E-state index in [-0.39, 0.29) is 65.1 Å². The van der Waals surface area contributed by atoms with Gasteiger partial charge < -0.3 is 46.0 Å². The van der Waals surface area contributed by atoms with Gasteiger partial charge in [-0.15, -0.1) is 0 Å². The zero-order valence-electron chi connectivity index (χ0n) is 30.6. The third kappa shape index (κ3) is 8.14. The number of hydrogen-bond acceptors (Lipinski definition) is 6. The van der Waals surface area contributed by atoms with Crippen LogP contribution < -0.4 is 21.3 Å². The second kappa shape index (κ2) is 16.3. The van der Waals surface area contributed by atoms with Crippen molar-refractivity contribution < 1.29 is 44.4 Å². The number of amides is 1. The zero-order valence-corrected chi connectivity index (χ0v) is 32.6. The molecule has 14 nitrogen and oxygen atoms in total. The Balaban J connectivity index is 0.00000627. The van der Waals surface area contributed by atoms with Crippen molar-refractivity contribution in [2.75, 3.05) is 0 Å². The van der Waals surface area contributed by atoms with E-state index in [0.717, 1.165) is 44.3 Å². The summed E-state index contributed by atoms with van der Waals surface area (Å²) in [4.78, 5) is 72.0. The number of nitrogens with one attached hydrogen (secondary N) is 5. The number of carboxylic acid groups (broad SMARTS) is 4. The molecular weight excluding hydrogens is 693 g/mol. The van der Waals surface area contributed by atoms with Crippen LogP contribution in [0.15, 0.2) is 18.0 Å². The molecular formula is C38H43N5NaO9. The predicted octanol–water partition coefficient (Wildman–Crippen LogP) is 3.00. The number of allylic oxidation sites excluding steroid dienone is 2.